The molecule has 1 saturated heterocycles. The maximum atomic E-state index is 12.3. The zero-order valence-corrected chi connectivity index (χ0v) is 13.9. The van der Waals surface area contributed by atoms with Gasteiger partial charge in [-0.1, -0.05) is 28.7 Å². The number of ether oxygens (including phenoxy) is 1. The quantitative estimate of drug-likeness (QED) is 0.744. The Bertz CT molecular complexity index is 979. The van der Waals surface area contributed by atoms with Crippen LogP contribution in [0.3, 0.4) is 0 Å². The minimum absolute atomic E-state index is 0.0443. The number of carbonyl (C=O) groups is 1. The fourth-order valence-electron chi connectivity index (χ4n) is 2.61. The Labute approximate surface area is 145 Å². The molecule has 1 aliphatic rings. The molecular formula is C15H14N6O3S. The number of hydrogen-bond donors (Lipinski definition) is 1. The lowest BCUT2D eigenvalue weighted by atomic mass is 10.2. The monoisotopic (exact) mass is 358 g/mol. The van der Waals surface area contributed by atoms with E-state index in [-0.39, 0.29) is 18.2 Å². The van der Waals surface area contributed by atoms with Crippen molar-refractivity contribution in [2.45, 2.75) is 25.5 Å². The van der Waals surface area contributed by atoms with Crippen LogP contribution in [0.2, 0.25) is 0 Å². The number of amides is 1. The van der Waals surface area contributed by atoms with Gasteiger partial charge in [-0.2, -0.15) is 0 Å². The molecule has 1 aliphatic heterocycles. The number of carbonyl (C=O) groups excluding carboxylic acids is 1. The van der Waals surface area contributed by atoms with E-state index >= 15 is 0 Å². The van der Waals surface area contributed by atoms with Crippen LogP contribution in [0.5, 0.6) is 0 Å². The van der Waals surface area contributed by atoms with Crippen LogP contribution in [0.4, 0.5) is 5.13 Å². The molecular weight excluding hydrogens is 344 g/mol. The number of benzene rings is 1. The van der Waals surface area contributed by atoms with Gasteiger partial charge >= 0.3 is 0 Å². The van der Waals surface area contributed by atoms with E-state index < -0.39 is 5.91 Å². The van der Waals surface area contributed by atoms with Crippen molar-refractivity contribution in [2.75, 3.05) is 11.9 Å². The van der Waals surface area contributed by atoms with Gasteiger partial charge in [-0.3, -0.25) is 14.9 Å². The molecule has 0 unspecified atom stereocenters. The molecule has 25 heavy (non-hydrogen) atoms. The van der Waals surface area contributed by atoms with Gasteiger partial charge in [-0.25, -0.2) is 4.68 Å². The summed E-state index contributed by atoms with van der Waals surface area (Å²) in [5.74, 6) is -0.415. The van der Waals surface area contributed by atoms with E-state index in [1.54, 1.807) is 24.3 Å². The maximum absolute atomic E-state index is 12.3. The number of rotatable bonds is 4. The first-order chi connectivity index (χ1) is 12.2. The molecule has 128 valence electrons. The lowest BCUT2D eigenvalue weighted by Crippen LogP contribution is -2.30. The van der Waals surface area contributed by atoms with Crippen LogP contribution in [0, 0.1) is 0 Å². The van der Waals surface area contributed by atoms with Crippen LogP contribution in [-0.4, -0.2) is 37.7 Å². The number of aromatic nitrogens is 5. The first-order valence-electron chi connectivity index (χ1n) is 7.78. The van der Waals surface area contributed by atoms with Crippen molar-refractivity contribution in [3.05, 3.63) is 39.6 Å². The SMILES string of the molecule is O=C(Cn1nnc2ccccc2c1=O)Nc1nnc([C@@H]2CCCO2)s1. The van der Waals surface area contributed by atoms with Crippen molar-refractivity contribution in [1.29, 1.82) is 0 Å². The number of fused-ring (bicyclic) bond motifs is 1. The number of anilines is 1. The molecule has 1 atom stereocenters. The van der Waals surface area contributed by atoms with E-state index in [4.69, 9.17) is 4.74 Å². The summed E-state index contributed by atoms with van der Waals surface area (Å²) in [4.78, 5) is 24.5. The Morgan fingerprint density at radius 2 is 2.20 bits per heavy atom. The Hall–Kier alpha value is -2.72. The fourth-order valence-corrected chi connectivity index (χ4v) is 3.45. The first kappa shape index (κ1) is 15.8. The van der Waals surface area contributed by atoms with E-state index in [1.165, 1.54) is 11.3 Å². The average molecular weight is 358 g/mol. The molecule has 1 aromatic carbocycles. The van der Waals surface area contributed by atoms with Gasteiger partial charge in [0.05, 0.1) is 5.39 Å². The summed E-state index contributed by atoms with van der Waals surface area (Å²) in [5, 5.41) is 19.9. The predicted molar refractivity (Wildman–Crippen MR) is 90.3 cm³/mol. The van der Waals surface area contributed by atoms with E-state index in [9.17, 15) is 9.59 Å². The molecule has 0 aliphatic carbocycles. The minimum Gasteiger partial charge on any atom is -0.371 e. The molecule has 1 amide bonds. The summed E-state index contributed by atoms with van der Waals surface area (Å²) >= 11 is 1.27. The third-order valence-electron chi connectivity index (χ3n) is 3.81. The van der Waals surface area contributed by atoms with Crippen LogP contribution < -0.4 is 10.9 Å². The summed E-state index contributed by atoms with van der Waals surface area (Å²) in [5.41, 5.74) is 0.132. The molecule has 10 heteroatoms. The highest BCUT2D eigenvalue weighted by Gasteiger charge is 2.22. The summed E-state index contributed by atoms with van der Waals surface area (Å²) in [7, 11) is 0. The zero-order chi connectivity index (χ0) is 17.2. The van der Waals surface area contributed by atoms with Crippen LogP contribution in [0.15, 0.2) is 29.1 Å². The first-order valence-corrected chi connectivity index (χ1v) is 8.60. The van der Waals surface area contributed by atoms with E-state index in [0.29, 0.717) is 16.0 Å². The summed E-state index contributed by atoms with van der Waals surface area (Å²) < 4.78 is 6.57. The Kier molecular flexibility index (Phi) is 4.20. The molecule has 0 spiro atoms. The van der Waals surface area contributed by atoms with Crippen LogP contribution >= 0.6 is 11.3 Å². The van der Waals surface area contributed by atoms with Crippen LogP contribution in [-0.2, 0) is 16.1 Å². The molecule has 4 rings (SSSR count). The zero-order valence-electron chi connectivity index (χ0n) is 13.1. The molecule has 0 saturated carbocycles. The molecule has 9 nitrogen and oxygen atoms in total. The topological polar surface area (TPSA) is 112 Å². The molecule has 2 aromatic heterocycles. The second kappa shape index (κ2) is 6.65. The van der Waals surface area contributed by atoms with Gasteiger partial charge in [-0.05, 0) is 25.0 Å². The largest absolute Gasteiger partial charge is 0.371 e. The fraction of sp³-hybridized carbons (Fsp3) is 0.333. The van der Waals surface area contributed by atoms with Crippen molar-refractivity contribution >= 4 is 33.3 Å². The standard InChI is InChI=1S/C15H14N6O3S/c22-12(16-15-19-18-13(25-15)11-6-3-7-24-11)8-21-14(23)9-4-1-2-5-10(9)17-20-21/h1-2,4-5,11H,3,6-8H2,(H,16,19,22)/t11-/m0/s1. The Morgan fingerprint density at radius 1 is 1.32 bits per heavy atom. The van der Waals surface area contributed by atoms with Gasteiger partial charge in [0.2, 0.25) is 11.0 Å². The maximum Gasteiger partial charge on any atom is 0.278 e. The molecule has 3 heterocycles. The summed E-state index contributed by atoms with van der Waals surface area (Å²) in [6, 6.07) is 6.86. The highest BCUT2D eigenvalue weighted by atomic mass is 32.1. The number of nitrogens with zero attached hydrogens (tertiary/aromatic N) is 5. The number of hydrogen-bond acceptors (Lipinski definition) is 8. The van der Waals surface area contributed by atoms with Crippen molar-refractivity contribution in [3.8, 4) is 0 Å². The van der Waals surface area contributed by atoms with Crippen molar-refractivity contribution < 1.29 is 9.53 Å². The summed E-state index contributed by atoms with van der Waals surface area (Å²) in [6.45, 7) is 0.473. The van der Waals surface area contributed by atoms with Gasteiger partial charge in [0.1, 0.15) is 23.2 Å². The normalized spacial score (nSPS) is 17.0. The van der Waals surface area contributed by atoms with E-state index in [1.807, 2.05) is 0 Å². The highest BCUT2D eigenvalue weighted by Crippen LogP contribution is 2.31. The molecule has 0 bridgehead atoms. The Morgan fingerprint density at radius 3 is 3.04 bits per heavy atom. The summed E-state index contributed by atoms with van der Waals surface area (Å²) in [6.07, 6.45) is 1.86. The highest BCUT2D eigenvalue weighted by molar-refractivity contribution is 7.15. The average Bonchev–Trinajstić information content (AvgIpc) is 3.29. The van der Waals surface area contributed by atoms with Gasteiger partial charge < -0.3 is 4.74 Å². The van der Waals surface area contributed by atoms with Crippen molar-refractivity contribution in [2.24, 2.45) is 0 Å². The number of nitrogens with one attached hydrogen (secondary N) is 1. The third-order valence-corrected chi connectivity index (χ3v) is 4.75. The van der Waals surface area contributed by atoms with E-state index in [0.717, 1.165) is 29.1 Å². The lowest BCUT2D eigenvalue weighted by molar-refractivity contribution is -0.117. The molecule has 0 radical (unpaired) electrons. The van der Waals surface area contributed by atoms with Crippen LogP contribution in [0.25, 0.3) is 10.9 Å². The van der Waals surface area contributed by atoms with Crippen molar-refractivity contribution in [3.63, 3.8) is 0 Å². The van der Waals surface area contributed by atoms with E-state index in [2.05, 4.69) is 25.8 Å². The minimum atomic E-state index is -0.415. The van der Waals surface area contributed by atoms with Crippen LogP contribution in [0.1, 0.15) is 24.0 Å². The second-order valence-corrected chi connectivity index (χ2v) is 6.57. The Balaban J connectivity index is 1.47. The predicted octanol–water partition coefficient (Wildman–Crippen LogP) is 1.13. The molecule has 1 fully saturated rings. The lowest BCUT2D eigenvalue weighted by Gasteiger charge is -2.04. The van der Waals surface area contributed by atoms with Gasteiger partial charge in [0, 0.05) is 6.61 Å². The second-order valence-electron chi connectivity index (χ2n) is 5.56. The smallest absolute Gasteiger partial charge is 0.278 e. The van der Waals surface area contributed by atoms with Gasteiger partial charge in [0.25, 0.3) is 5.56 Å². The molecule has 1 N–H and O–H groups in total. The van der Waals surface area contributed by atoms with Crippen molar-refractivity contribution in [1.82, 2.24) is 25.2 Å². The third kappa shape index (κ3) is 3.26. The molecule has 3 aromatic rings. The van der Waals surface area contributed by atoms with Gasteiger partial charge in [-0.15, -0.1) is 15.3 Å². The van der Waals surface area contributed by atoms with Gasteiger partial charge in [0.15, 0.2) is 0 Å².